The van der Waals surface area contributed by atoms with Crippen LogP contribution in [-0.2, 0) is 6.42 Å². The van der Waals surface area contributed by atoms with Gasteiger partial charge in [0.25, 0.3) is 0 Å². The number of aryl methyl sites for hydroxylation is 1. The molecule has 2 rings (SSSR count). The van der Waals surface area contributed by atoms with Gasteiger partial charge in [-0.05, 0) is 36.1 Å². The van der Waals surface area contributed by atoms with Gasteiger partial charge in [-0.1, -0.05) is 22.0 Å². The minimum absolute atomic E-state index is 0.106. The van der Waals surface area contributed by atoms with Crippen LogP contribution in [0.4, 0.5) is 13.2 Å². The number of hydrogen-bond donors (Lipinski definition) is 2. The van der Waals surface area contributed by atoms with Crippen LogP contribution in [0, 0.1) is 0 Å². The number of benzene rings is 1. The van der Waals surface area contributed by atoms with Crippen molar-refractivity contribution in [3.05, 3.63) is 33.8 Å². The first kappa shape index (κ1) is 13.8. The molecule has 0 bridgehead atoms. The molecular formula is C12H13BrF3NO. The summed E-state index contributed by atoms with van der Waals surface area (Å²) in [6.07, 6.45) is -5.27. The molecule has 2 atom stereocenters. The summed E-state index contributed by atoms with van der Waals surface area (Å²) < 4.78 is 37.5. The van der Waals surface area contributed by atoms with Crippen LogP contribution in [-0.4, -0.2) is 23.9 Å². The van der Waals surface area contributed by atoms with E-state index in [1.54, 1.807) is 0 Å². The second kappa shape index (κ2) is 5.19. The van der Waals surface area contributed by atoms with Crippen LogP contribution >= 0.6 is 15.9 Å². The van der Waals surface area contributed by atoms with Gasteiger partial charge in [0.1, 0.15) is 0 Å². The van der Waals surface area contributed by atoms with E-state index in [0.29, 0.717) is 0 Å². The van der Waals surface area contributed by atoms with Crippen LogP contribution in [0.25, 0.3) is 0 Å². The summed E-state index contributed by atoms with van der Waals surface area (Å²) in [6, 6.07) is 5.66. The number of aliphatic hydroxyl groups is 1. The Kier molecular flexibility index (Phi) is 3.99. The van der Waals surface area contributed by atoms with Crippen molar-refractivity contribution in [1.29, 1.82) is 0 Å². The highest BCUT2D eigenvalue weighted by Gasteiger charge is 2.38. The van der Waals surface area contributed by atoms with Crippen LogP contribution < -0.4 is 5.32 Å². The van der Waals surface area contributed by atoms with Gasteiger partial charge in [-0.3, -0.25) is 0 Å². The molecule has 18 heavy (non-hydrogen) atoms. The minimum Gasteiger partial charge on any atom is -0.382 e. The SMILES string of the molecule is OC(CNC1CCc2cc(Br)ccc21)C(F)(F)F. The summed E-state index contributed by atoms with van der Waals surface area (Å²) in [4.78, 5) is 0. The monoisotopic (exact) mass is 323 g/mol. The van der Waals surface area contributed by atoms with Crippen molar-refractivity contribution >= 4 is 15.9 Å². The maximum absolute atomic E-state index is 12.2. The molecule has 100 valence electrons. The van der Waals surface area contributed by atoms with Gasteiger partial charge in [0.15, 0.2) is 6.10 Å². The summed E-state index contributed by atoms with van der Waals surface area (Å²) in [5, 5.41) is 11.7. The van der Waals surface area contributed by atoms with E-state index < -0.39 is 18.8 Å². The molecule has 6 heteroatoms. The Labute approximate surface area is 111 Å². The third-order valence-electron chi connectivity index (χ3n) is 3.12. The van der Waals surface area contributed by atoms with Gasteiger partial charge in [-0.15, -0.1) is 0 Å². The predicted molar refractivity (Wildman–Crippen MR) is 65.3 cm³/mol. The fraction of sp³-hybridized carbons (Fsp3) is 0.500. The zero-order valence-electron chi connectivity index (χ0n) is 9.47. The van der Waals surface area contributed by atoms with E-state index in [9.17, 15) is 13.2 Å². The van der Waals surface area contributed by atoms with Crippen LogP contribution in [0.5, 0.6) is 0 Å². The van der Waals surface area contributed by atoms with Crippen molar-refractivity contribution in [3.63, 3.8) is 0 Å². The number of fused-ring (bicyclic) bond motifs is 1. The van der Waals surface area contributed by atoms with Gasteiger partial charge in [0, 0.05) is 17.1 Å². The van der Waals surface area contributed by atoms with E-state index in [-0.39, 0.29) is 6.04 Å². The molecule has 0 radical (unpaired) electrons. The van der Waals surface area contributed by atoms with E-state index in [1.807, 2.05) is 18.2 Å². The van der Waals surface area contributed by atoms with Crippen molar-refractivity contribution < 1.29 is 18.3 Å². The molecule has 0 saturated heterocycles. The number of rotatable bonds is 3. The Balaban J connectivity index is 1.98. The highest BCUT2D eigenvalue weighted by molar-refractivity contribution is 9.10. The van der Waals surface area contributed by atoms with Crippen LogP contribution in [0.3, 0.4) is 0 Å². The van der Waals surface area contributed by atoms with Crippen molar-refractivity contribution in [2.45, 2.75) is 31.2 Å². The van der Waals surface area contributed by atoms with Gasteiger partial charge in [-0.25, -0.2) is 0 Å². The number of hydrogen-bond acceptors (Lipinski definition) is 2. The lowest BCUT2D eigenvalue weighted by Gasteiger charge is -2.19. The first-order valence-electron chi connectivity index (χ1n) is 5.64. The smallest absolute Gasteiger partial charge is 0.382 e. The van der Waals surface area contributed by atoms with E-state index in [4.69, 9.17) is 5.11 Å². The summed E-state index contributed by atoms with van der Waals surface area (Å²) in [6.45, 7) is -0.469. The van der Waals surface area contributed by atoms with Gasteiger partial charge >= 0.3 is 6.18 Å². The minimum atomic E-state index is -4.56. The first-order valence-corrected chi connectivity index (χ1v) is 6.43. The Morgan fingerprint density at radius 3 is 2.83 bits per heavy atom. The highest BCUT2D eigenvalue weighted by Crippen LogP contribution is 2.33. The molecule has 1 aliphatic carbocycles. The fourth-order valence-corrected chi connectivity index (χ4v) is 2.58. The number of aliphatic hydroxyl groups excluding tert-OH is 1. The topological polar surface area (TPSA) is 32.3 Å². The quantitative estimate of drug-likeness (QED) is 0.896. The number of nitrogens with one attached hydrogen (secondary N) is 1. The first-order chi connectivity index (χ1) is 8.38. The molecule has 0 saturated carbocycles. The van der Waals surface area contributed by atoms with Crippen LogP contribution in [0.2, 0.25) is 0 Å². The second-order valence-electron chi connectivity index (χ2n) is 4.40. The average molecular weight is 324 g/mol. The Hall–Kier alpha value is -0.590. The van der Waals surface area contributed by atoms with Gasteiger partial charge in [-0.2, -0.15) is 13.2 Å². The van der Waals surface area contributed by atoms with E-state index >= 15 is 0 Å². The molecule has 0 aromatic heterocycles. The summed E-state index contributed by atoms with van der Waals surface area (Å²) in [7, 11) is 0. The van der Waals surface area contributed by atoms with Crippen molar-refractivity contribution in [1.82, 2.24) is 5.32 Å². The molecule has 1 aromatic carbocycles. The maximum Gasteiger partial charge on any atom is 0.415 e. The Morgan fingerprint density at radius 1 is 1.44 bits per heavy atom. The molecule has 0 heterocycles. The Morgan fingerprint density at radius 2 is 2.17 bits per heavy atom. The average Bonchev–Trinajstić information content (AvgIpc) is 2.66. The van der Waals surface area contributed by atoms with Crippen LogP contribution in [0.1, 0.15) is 23.6 Å². The molecule has 2 unspecified atom stereocenters. The van der Waals surface area contributed by atoms with Crippen LogP contribution in [0.15, 0.2) is 22.7 Å². The third kappa shape index (κ3) is 3.05. The van der Waals surface area contributed by atoms with Gasteiger partial charge in [0.2, 0.25) is 0 Å². The molecule has 0 aliphatic heterocycles. The van der Waals surface area contributed by atoms with Gasteiger partial charge in [0.05, 0.1) is 0 Å². The van der Waals surface area contributed by atoms with Crippen molar-refractivity contribution in [2.75, 3.05) is 6.54 Å². The van der Waals surface area contributed by atoms with E-state index in [2.05, 4.69) is 21.2 Å². The summed E-state index contributed by atoms with van der Waals surface area (Å²) in [5.74, 6) is 0. The normalized spacial score (nSPS) is 20.8. The molecule has 1 aromatic rings. The Bertz CT molecular complexity index is 436. The largest absolute Gasteiger partial charge is 0.415 e. The molecular weight excluding hydrogens is 311 g/mol. The van der Waals surface area contributed by atoms with Crippen molar-refractivity contribution in [3.8, 4) is 0 Å². The lowest BCUT2D eigenvalue weighted by atomic mass is 10.1. The highest BCUT2D eigenvalue weighted by atomic mass is 79.9. The van der Waals surface area contributed by atoms with E-state index in [0.717, 1.165) is 28.4 Å². The van der Waals surface area contributed by atoms with E-state index in [1.165, 1.54) is 0 Å². The number of alkyl halides is 3. The third-order valence-corrected chi connectivity index (χ3v) is 3.61. The summed E-state index contributed by atoms with van der Waals surface area (Å²) >= 11 is 3.36. The lowest BCUT2D eigenvalue weighted by Crippen LogP contribution is -2.39. The zero-order valence-corrected chi connectivity index (χ0v) is 11.1. The maximum atomic E-state index is 12.2. The molecule has 0 spiro atoms. The van der Waals surface area contributed by atoms with Gasteiger partial charge < -0.3 is 10.4 Å². The lowest BCUT2D eigenvalue weighted by molar-refractivity contribution is -0.202. The molecule has 0 amide bonds. The molecule has 2 N–H and O–H groups in total. The zero-order chi connectivity index (χ0) is 13.3. The standard InChI is InChI=1S/C12H13BrF3NO/c13-8-2-3-9-7(5-8)1-4-10(9)17-6-11(18)12(14,15)16/h2-3,5,10-11,17-18H,1,4,6H2. The molecule has 2 nitrogen and oxygen atoms in total. The fourth-order valence-electron chi connectivity index (χ4n) is 2.17. The summed E-state index contributed by atoms with van der Waals surface area (Å²) in [5.41, 5.74) is 2.16. The van der Waals surface area contributed by atoms with Crippen molar-refractivity contribution in [2.24, 2.45) is 0 Å². The molecule has 1 aliphatic rings. The predicted octanol–water partition coefficient (Wildman–Crippen LogP) is 2.95. The number of halogens is 4. The second-order valence-corrected chi connectivity index (χ2v) is 5.32. The molecule has 0 fully saturated rings.